The van der Waals surface area contributed by atoms with Crippen molar-refractivity contribution in [3.63, 3.8) is 0 Å². The zero-order valence-corrected chi connectivity index (χ0v) is 15.6. The average Bonchev–Trinajstić information content (AvgIpc) is 3.25. The minimum Gasteiger partial charge on any atom is -0.454 e. The number of amides is 2. The Hall–Kier alpha value is -2.24. The van der Waals surface area contributed by atoms with E-state index in [0.717, 1.165) is 31.4 Å². The Kier molecular flexibility index (Phi) is 6.01. The number of benzene rings is 1. The lowest BCUT2D eigenvalue weighted by Crippen LogP contribution is -2.35. The van der Waals surface area contributed by atoms with Crippen LogP contribution in [0.4, 0.5) is 5.69 Å². The van der Waals surface area contributed by atoms with E-state index in [1.165, 1.54) is 0 Å². The van der Waals surface area contributed by atoms with Crippen LogP contribution in [-0.2, 0) is 9.59 Å². The zero-order valence-electron chi connectivity index (χ0n) is 15.6. The fourth-order valence-electron chi connectivity index (χ4n) is 3.71. The summed E-state index contributed by atoms with van der Waals surface area (Å²) in [4.78, 5) is 26.6. The van der Waals surface area contributed by atoms with Crippen molar-refractivity contribution in [3.8, 4) is 11.5 Å². The Morgan fingerprint density at radius 3 is 2.69 bits per heavy atom. The van der Waals surface area contributed by atoms with Crippen molar-refractivity contribution < 1.29 is 19.1 Å². The van der Waals surface area contributed by atoms with Crippen molar-refractivity contribution in [1.29, 1.82) is 0 Å². The van der Waals surface area contributed by atoms with Gasteiger partial charge in [0.1, 0.15) is 0 Å². The molecule has 6 heteroatoms. The number of hydrogen-bond acceptors (Lipinski definition) is 4. The van der Waals surface area contributed by atoms with Gasteiger partial charge in [-0.1, -0.05) is 26.7 Å². The number of carbonyl (C=O) groups is 2. The molecule has 26 heavy (non-hydrogen) atoms. The van der Waals surface area contributed by atoms with Gasteiger partial charge in [-0.3, -0.25) is 9.59 Å². The number of rotatable bonds is 8. The molecule has 142 valence electrons. The number of nitrogens with zero attached hydrogens (tertiary/aromatic N) is 1. The quantitative estimate of drug-likeness (QED) is 0.773. The summed E-state index contributed by atoms with van der Waals surface area (Å²) in [6.45, 7) is 5.60. The summed E-state index contributed by atoms with van der Waals surface area (Å²) in [6, 6.07) is 5.56. The molecule has 0 bridgehead atoms. The maximum Gasteiger partial charge on any atom is 0.231 e. The van der Waals surface area contributed by atoms with Crippen LogP contribution in [0.1, 0.15) is 46.0 Å². The van der Waals surface area contributed by atoms with Gasteiger partial charge in [0, 0.05) is 43.1 Å². The maximum atomic E-state index is 12.4. The minimum atomic E-state index is 0.0850. The summed E-state index contributed by atoms with van der Waals surface area (Å²) in [5.74, 6) is 1.83. The van der Waals surface area contributed by atoms with Crippen LogP contribution < -0.4 is 19.7 Å². The summed E-state index contributed by atoms with van der Waals surface area (Å²) in [6.07, 6.45) is 4.33. The first-order chi connectivity index (χ1) is 12.6. The standard InChI is InChI=1S/C20H28N2O4/c1-3-5-15(6-4-2)20(24)21-11-14-9-19(23)22(12-14)16-7-8-17-18(10-16)26-13-25-17/h7-8,10,14-15H,3-6,9,11-13H2,1-2H3,(H,21,24). The molecular formula is C20H28N2O4. The first-order valence-corrected chi connectivity index (χ1v) is 9.60. The summed E-state index contributed by atoms with van der Waals surface area (Å²) in [5.41, 5.74) is 0.822. The Balaban J connectivity index is 1.55. The second-order valence-electron chi connectivity index (χ2n) is 7.13. The molecule has 2 heterocycles. The van der Waals surface area contributed by atoms with E-state index in [4.69, 9.17) is 9.47 Å². The van der Waals surface area contributed by atoms with E-state index >= 15 is 0 Å². The van der Waals surface area contributed by atoms with E-state index in [1.807, 2.05) is 18.2 Å². The van der Waals surface area contributed by atoms with Gasteiger partial charge in [0.2, 0.25) is 18.6 Å². The van der Waals surface area contributed by atoms with E-state index in [1.54, 1.807) is 4.90 Å². The highest BCUT2D eigenvalue weighted by molar-refractivity contribution is 5.96. The highest BCUT2D eigenvalue weighted by Gasteiger charge is 2.32. The van der Waals surface area contributed by atoms with Gasteiger partial charge in [-0.25, -0.2) is 0 Å². The molecule has 2 amide bonds. The molecule has 1 fully saturated rings. The van der Waals surface area contributed by atoms with Crippen LogP contribution in [0.5, 0.6) is 11.5 Å². The number of anilines is 1. The molecule has 1 aromatic rings. The van der Waals surface area contributed by atoms with E-state index in [0.29, 0.717) is 31.0 Å². The van der Waals surface area contributed by atoms with Gasteiger partial charge in [-0.15, -0.1) is 0 Å². The van der Waals surface area contributed by atoms with E-state index in [-0.39, 0.29) is 30.4 Å². The Bertz CT molecular complexity index is 655. The lowest BCUT2D eigenvalue weighted by atomic mass is 9.97. The van der Waals surface area contributed by atoms with Crippen LogP contribution in [0, 0.1) is 11.8 Å². The first-order valence-electron chi connectivity index (χ1n) is 9.60. The molecule has 1 N–H and O–H groups in total. The Labute approximate surface area is 154 Å². The third-order valence-corrected chi connectivity index (χ3v) is 5.08. The molecule has 0 aromatic heterocycles. The zero-order chi connectivity index (χ0) is 18.5. The fraction of sp³-hybridized carbons (Fsp3) is 0.600. The van der Waals surface area contributed by atoms with Gasteiger partial charge >= 0.3 is 0 Å². The van der Waals surface area contributed by atoms with E-state index in [2.05, 4.69) is 19.2 Å². The maximum absolute atomic E-state index is 12.4. The van der Waals surface area contributed by atoms with Gasteiger partial charge in [-0.05, 0) is 25.0 Å². The van der Waals surface area contributed by atoms with Crippen molar-refractivity contribution in [2.75, 3.05) is 24.8 Å². The highest BCUT2D eigenvalue weighted by Crippen LogP contribution is 2.37. The van der Waals surface area contributed by atoms with Gasteiger partial charge in [-0.2, -0.15) is 0 Å². The molecule has 0 radical (unpaired) electrons. The number of carbonyl (C=O) groups excluding carboxylic acids is 2. The summed E-state index contributed by atoms with van der Waals surface area (Å²) in [5, 5.41) is 3.07. The van der Waals surface area contributed by atoms with Crippen molar-refractivity contribution >= 4 is 17.5 Å². The highest BCUT2D eigenvalue weighted by atomic mass is 16.7. The fourth-order valence-corrected chi connectivity index (χ4v) is 3.71. The largest absolute Gasteiger partial charge is 0.454 e. The topological polar surface area (TPSA) is 67.9 Å². The molecule has 1 saturated heterocycles. The van der Waals surface area contributed by atoms with E-state index in [9.17, 15) is 9.59 Å². The predicted octanol–water partition coefficient (Wildman–Crippen LogP) is 3.10. The van der Waals surface area contributed by atoms with Crippen molar-refractivity contribution in [2.24, 2.45) is 11.8 Å². The molecular weight excluding hydrogens is 332 g/mol. The van der Waals surface area contributed by atoms with Gasteiger partial charge < -0.3 is 19.7 Å². The van der Waals surface area contributed by atoms with Crippen molar-refractivity contribution in [2.45, 2.75) is 46.0 Å². The summed E-state index contributed by atoms with van der Waals surface area (Å²) >= 11 is 0. The van der Waals surface area contributed by atoms with E-state index < -0.39 is 0 Å². The molecule has 0 spiro atoms. The van der Waals surface area contributed by atoms with Gasteiger partial charge in [0.25, 0.3) is 0 Å². The molecule has 3 rings (SSSR count). The predicted molar refractivity (Wildman–Crippen MR) is 99.3 cm³/mol. The van der Waals surface area contributed by atoms with Gasteiger partial charge in [0.15, 0.2) is 11.5 Å². The lowest BCUT2D eigenvalue weighted by Gasteiger charge is -2.19. The normalized spacial score (nSPS) is 18.7. The molecule has 2 aliphatic rings. The Morgan fingerprint density at radius 1 is 1.23 bits per heavy atom. The van der Waals surface area contributed by atoms with Crippen LogP contribution in [0.2, 0.25) is 0 Å². The van der Waals surface area contributed by atoms with Crippen LogP contribution in [0.3, 0.4) is 0 Å². The second kappa shape index (κ2) is 8.43. The summed E-state index contributed by atoms with van der Waals surface area (Å²) < 4.78 is 10.7. The first kappa shape index (κ1) is 18.5. The molecule has 2 aliphatic heterocycles. The van der Waals surface area contributed by atoms with Crippen molar-refractivity contribution in [3.05, 3.63) is 18.2 Å². The molecule has 6 nitrogen and oxygen atoms in total. The number of hydrogen-bond donors (Lipinski definition) is 1. The number of ether oxygens (including phenoxy) is 2. The Morgan fingerprint density at radius 2 is 1.96 bits per heavy atom. The summed E-state index contributed by atoms with van der Waals surface area (Å²) in [7, 11) is 0. The monoisotopic (exact) mass is 360 g/mol. The minimum absolute atomic E-state index is 0.0850. The third-order valence-electron chi connectivity index (χ3n) is 5.08. The molecule has 1 aromatic carbocycles. The second-order valence-corrected chi connectivity index (χ2v) is 7.13. The molecule has 1 unspecified atom stereocenters. The van der Waals surface area contributed by atoms with Crippen LogP contribution in [0.15, 0.2) is 18.2 Å². The number of fused-ring (bicyclic) bond motifs is 1. The molecule has 0 aliphatic carbocycles. The lowest BCUT2D eigenvalue weighted by molar-refractivity contribution is -0.125. The smallest absolute Gasteiger partial charge is 0.231 e. The number of nitrogens with one attached hydrogen (secondary N) is 1. The van der Waals surface area contributed by atoms with Crippen LogP contribution in [0.25, 0.3) is 0 Å². The van der Waals surface area contributed by atoms with Crippen LogP contribution in [-0.4, -0.2) is 31.7 Å². The average molecular weight is 360 g/mol. The SMILES string of the molecule is CCCC(CCC)C(=O)NCC1CC(=O)N(c2ccc3c(c2)OCO3)C1. The van der Waals surface area contributed by atoms with Gasteiger partial charge in [0.05, 0.1) is 0 Å². The van der Waals surface area contributed by atoms with Crippen LogP contribution >= 0.6 is 0 Å². The molecule has 1 atom stereocenters. The van der Waals surface area contributed by atoms with Crippen molar-refractivity contribution in [1.82, 2.24) is 5.32 Å². The third kappa shape index (κ3) is 4.11. The molecule has 0 saturated carbocycles.